The number of esters is 1. The minimum atomic E-state index is -0.754. The molecule has 0 N–H and O–H groups in total. The number of methoxy groups -OCH3 is 1. The fraction of sp³-hybridized carbons (Fsp3) is 0.242. The van der Waals surface area contributed by atoms with Gasteiger partial charge in [0.05, 0.1) is 46.6 Å². The van der Waals surface area contributed by atoms with Gasteiger partial charge in [0.1, 0.15) is 18.2 Å². The summed E-state index contributed by atoms with van der Waals surface area (Å²) < 4.78 is 38.5. The van der Waals surface area contributed by atoms with Gasteiger partial charge in [0.2, 0.25) is 0 Å². The Morgan fingerprint density at radius 2 is 1.77 bits per heavy atom. The van der Waals surface area contributed by atoms with Gasteiger partial charge in [-0.3, -0.25) is 9.36 Å². The van der Waals surface area contributed by atoms with Crippen molar-refractivity contribution in [2.75, 3.05) is 20.3 Å². The molecule has 3 aromatic carbocycles. The van der Waals surface area contributed by atoms with Gasteiger partial charge < -0.3 is 18.9 Å². The van der Waals surface area contributed by atoms with E-state index in [1.54, 1.807) is 57.4 Å². The number of allylic oxidation sites excluding steroid dienone is 1. The Hall–Kier alpha value is -4.22. The lowest BCUT2D eigenvalue weighted by molar-refractivity contribution is -0.139. The number of benzene rings is 3. The van der Waals surface area contributed by atoms with Crippen LogP contribution in [0.5, 0.6) is 17.2 Å². The maximum absolute atomic E-state index is 14.0. The van der Waals surface area contributed by atoms with E-state index >= 15 is 0 Å². The summed E-state index contributed by atoms with van der Waals surface area (Å²) in [5, 5.41) is 0. The number of halogens is 2. The van der Waals surface area contributed by atoms with Crippen molar-refractivity contribution < 1.29 is 28.1 Å². The molecule has 5 rings (SSSR count). The minimum Gasteiger partial charge on any atom is -0.496 e. The average Bonchev–Trinajstić information content (AvgIpc) is 3.30. The number of hydrogen-bond donors (Lipinski definition) is 0. The van der Waals surface area contributed by atoms with Crippen molar-refractivity contribution in [3.05, 3.63) is 119 Å². The second-order valence-electron chi connectivity index (χ2n) is 9.75. The normalized spacial score (nSPS) is 14.6. The summed E-state index contributed by atoms with van der Waals surface area (Å²) in [5.74, 6) is 0.813. The van der Waals surface area contributed by atoms with Gasteiger partial charge in [-0.15, -0.1) is 0 Å². The van der Waals surface area contributed by atoms with Gasteiger partial charge in [-0.1, -0.05) is 35.6 Å². The van der Waals surface area contributed by atoms with Crippen molar-refractivity contribution in [1.29, 1.82) is 0 Å². The Bertz CT molecular complexity index is 1920. The summed E-state index contributed by atoms with van der Waals surface area (Å²) in [4.78, 5) is 32.3. The third-order valence-electron chi connectivity index (χ3n) is 6.88. The first-order valence-electron chi connectivity index (χ1n) is 13.9. The molecule has 0 saturated carbocycles. The zero-order valence-electron chi connectivity index (χ0n) is 24.6. The SMILES string of the molecule is CCOC(=O)C1=C(C)N=c2s/c(=C/c3ccc(OCc4ccc(F)cc4)c(OCC)c3)c(=O)n2[C@@H]1c1ccc(OC)c(Br)c1. The average molecular weight is 682 g/mol. The summed E-state index contributed by atoms with van der Waals surface area (Å²) >= 11 is 4.76. The highest BCUT2D eigenvalue weighted by molar-refractivity contribution is 9.10. The van der Waals surface area contributed by atoms with E-state index in [4.69, 9.17) is 18.9 Å². The lowest BCUT2D eigenvalue weighted by Crippen LogP contribution is -2.39. The van der Waals surface area contributed by atoms with Crippen molar-refractivity contribution in [3.63, 3.8) is 0 Å². The van der Waals surface area contributed by atoms with Crippen molar-refractivity contribution >= 4 is 39.3 Å². The molecule has 0 fully saturated rings. The molecule has 4 aromatic rings. The van der Waals surface area contributed by atoms with E-state index in [9.17, 15) is 14.0 Å². The van der Waals surface area contributed by atoms with Crippen LogP contribution in [0.15, 0.2) is 86.2 Å². The summed E-state index contributed by atoms with van der Waals surface area (Å²) in [7, 11) is 1.57. The van der Waals surface area contributed by atoms with E-state index in [-0.39, 0.29) is 24.6 Å². The van der Waals surface area contributed by atoms with Crippen LogP contribution in [0.25, 0.3) is 6.08 Å². The largest absolute Gasteiger partial charge is 0.496 e. The first-order valence-corrected chi connectivity index (χ1v) is 15.5. The molecule has 2 heterocycles. The number of hydrogen-bond acceptors (Lipinski definition) is 8. The highest BCUT2D eigenvalue weighted by Gasteiger charge is 2.33. The topological polar surface area (TPSA) is 88.4 Å². The zero-order chi connectivity index (χ0) is 31.4. The van der Waals surface area contributed by atoms with Gasteiger partial charge in [0, 0.05) is 0 Å². The van der Waals surface area contributed by atoms with Gasteiger partial charge in [-0.05, 0) is 95.9 Å². The molecule has 228 valence electrons. The Balaban J connectivity index is 1.56. The Kier molecular flexibility index (Phi) is 9.65. The first kappa shape index (κ1) is 31.2. The fourth-order valence-corrected chi connectivity index (χ4v) is 6.46. The van der Waals surface area contributed by atoms with Crippen LogP contribution < -0.4 is 29.1 Å². The van der Waals surface area contributed by atoms with E-state index in [0.717, 1.165) is 11.1 Å². The third kappa shape index (κ3) is 6.48. The number of rotatable bonds is 10. The van der Waals surface area contributed by atoms with Crippen LogP contribution in [-0.4, -0.2) is 30.9 Å². The summed E-state index contributed by atoms with van der Waals surface area (Å²) in [5.41, 5.74) is 2.71. The van der Waals surface area contributed by atoms with Crippen LogP contribution in [0.3, 0.4) is 0 Å². The molecule has 1 aromatic heterocycles. The molecular weight excluding hydrogens is 651 g/mol. The summed E-state index contributed by atoms with van der Waals surface area (Å²) in [6, 6.07) is 16.2. The van der Waals surface area contributed by atoms with Crippen LogP contribution in [-0.2, 0) is 16.1 Å². The van der Waals surface area contributed by atoms with Gasteiger partial charge >= 0.3 is 5.97 Å². The lowest BCUT2D eigenvalue weighted by Gasteiger charge is -2.25. The van der Waals surface area contributed by atoms with Crippen LogP contribution >= 0.6 is 27.3 Å². The van der Waals surface area contributed by atoms with Gasteiger partial charge in [-0.25, -0.2) is 14.2 Å². The van der Waals surface area contributed by atoms with Crippen molar-refractivity contribution in [1.82, 2.24) is 4.57 Å². The number of ether oxygens (including phenoxy) is 4. The van der Waals surface area contributed by atoms with E-state index in [2.05, 4.69) is 20.9 Å². The Morgan fingerprint density at radius 3 is 2.45 bits per heavy atom. The zero-order valence-corrected chi connectivity index (χ0v) is 27.0. The highest BCUT2D eigenvalue weighted by atomic mass is 79.9. The Morgan fingerprint density at radius 1 is 1.02 bits per heavy atom. The van der Waals surface area contributed by atoms with Crippen LogP contribution in [0.2, 0.25) is 0 Å². The van der Waals surface area contributed by atoms with Crippen molar-refractivity contribution in [2.45, 2.75) is 33.4 Å². The highest BCUT2D eigenvalue weighted by Crippen LogP contribution is 2.35. The molecule has 1 aliphatic heterocycles. The number of fused-ring (bicyclic) bond motifs is 1. The number of carbonyl (C=O) groups is 1. The number of carbonyl (C=O) groups excluding carboxylic acids is 1. The monoisotopic (exact) mass is 680 g/mol. The smallest absolute Gasteiger partial charge is 0.338 e. The molecule has 1 aliphatic rings. The van der Waals surface area contributed by atoms with E-state index in [1.807, 2.05) is 25.1 Å². The van der Waals surface area contributed by atoms with E-state index < -0.39 is 12.0 Å². The predicted octanol–water partition coefficient (Wildman–Crippen LogP) is 5.69. The minimum absolute atomic E-state index is 0.185. The summed E-state index contributed by atoms with van der Waals surface area (Å²) in [6.07, 6.45) is 1.76. The molecular formula is C33H30BrFN2O6S. The summed E-state index contributed by atoms with van der Waals surface area (Å²) in [6.45, 7) is 6.18. The molecule has 0 aliphatic carbocycles. The van der Waals surface area contributed by atoms with Crippen LogP contribution in [0.1, 0.15) is 43.5 Å². The number of aromatic nitrogens is 1. The molecule has 44 heavy (non-hydrogen) atoms. The van der Waals surface area contributed by atoms with Crippen LogP contribution in [0.4, 0.5) is 4.39 Å². The molecule has 0 radical (unpaired) electrons. The molecule has 11 heteroatoms. The fourth-order valence-electron chi connectivity index (χ4n) is 4.85. The molecule has 1 atom stereocenters. The lowest BCUT2D eigenvalue weighted by atomic mass is 9.96. The first-order chi connectivity index (χ1) is 21.2. The molecule has 0 saturated heterocycles. The maximum atomic E-state index is 14.0. The van der Waals surface area contributed by atoms with Gasteiger partial charge in [0.15, 0.2) is 16.3 Å². The molecule has 0 unspecified atom stereocenters. The molecule has 0 amide bonds. The van der Waals surface area contributed by atoms with Crippen molar-refractivity contribution in [2.24, 2.45) is 4.99 Å². The Labute approximate surface area is 265 Å². The second kappa shape index (κ2) is 13.6. The standard InChI is InChI=1S/C33H30BrFN2O6S/c1-5-41-27-15-21(9-13-26(27)43-18-20-7-11-23(35)12-8-20)16-28-31(38)37-30(22-10-14-25(40-4)24(34)17-22)29(32(39)42-6-2)19(3)36-33(37)44-28/h7-17,30H,5-6,18H2,1-4H3/b28-16+/t30-/m1/s1. The number of thiazole rings is 1. The molecule has 0 bridgehead atoms. The maximum Gasteiger partial charge on any atom is 0.338 e. The third-order valence-corrected chi connectivity index (χ3v) is 8.48. The molecule has 0 spiro atoms. The quantitative estimate of drug-likeness (QED) is 0.200. The number of nitrogens with zero attached hydrogens (tertiary/aromatic N) is 2. The van der Waals surface area contributed by atoms with E-state index in [1.165, 1.54) is 28.0 Å². The van der Waals surface area contributed by atoms with Crippen LogP contribution in [0, 0.1) is 5.82 Å². The van der Waals surface area contributed by atoms with Crippen molar-refractivity contribution in [3.8, 4) is 17.2 Å². The van der Waals surface area contributed by atoms with Gasteiger partial charge in [-0.2, -0.15) is 0 Å². The van der Waals surface area contributed by atoms with Gasteiger partial charge in [0.25, 0.3) is 5.56 Å². The second-order valence-corrected chi connectivity index (χ2v) is 11.6. The van der Waals surface area contributed by atoms with E-state index in [0.29, 0.717) is 54.5 Å². The molecule has 8 nitrogen and oxygen atoms in total. The predicted molar refractivity (Wildman–Crippen MR) is 169 cm³/mol.